The van der Waals surface area contributed by atoms with Crippen LogP contribution in [0.2, 0.25) is 0 Å². The van der Waals surface area contributed by atoms with Crippen LogP contribution in [0.4, 0.5) is 4.39 Å². The third-order valence-electron chi connectivity index (χ3n) is 4.03. The predicted molar refractivity (Wildman–Crippen MR) is 75.7 cm³/mol. The number of hydrogen-bond donors (Lipinski definition) is 2. The van der Waals surface area contributed by atoms with Gasteiger partial charge in [-0.2, -0.15) is 0 Å². The maximum absolute atomic E-state index is 13.5. The molecule has 0 spiro atoms. The van der Waals surface area contributed by atoms with Gasteiger partial charge in [0.15, 0.2) is 0 Å². The molecule has 3 rings (SSSR count). The van der Waals surface area contributed by atoms with Crippen molar-refractivity contribution in [3.63, 3.8) is 0 Å². The average Bonchev–Trinajstić information content (AvgIpc) is 3.25. The van der Waals surface area contributed by atoms with Crippen LogP contribution < -0.4 is 5.32 Å². The Kier molecular flexibility index (Phi) is 3.78. The van der Waals surface area contributed by atoms with E-state index in [9.17, 15) is 9.50 Å². The Morgan fingerprint density at radius 1 is 1.32 bits per heavy atom. The summed E-state index contributed by atoms with van der Waals surface area (Å²) in [5.41, 5.74) is 0.859. The number of phenols is 1. The molecule has 2 aliphatic rings. The van der Waals surface area contributed by atoms with E-state index in [0.29, 0.717) is 5.92 Å². The lowest BCUT2D eigenvalue weighted by Gasteiger charge is -2.35. The molecular weight excluding hydrogens is 311 g/mol. The minimum atomic E-state index is -0.406. The summed E-state index contributed by atoms with van der Waals surface area (Å²) in [5, 5.41) is 13.6. The van der Waals surface area contributed by atoms with E-state index >= 15 is 0 Å². The summed E-state index contributed by atoms with van der Waals surface area (Å²) < 4.78 is 13.6. The first-order valence-corrected chi connectivity index (χ1v) is 7.59. The zero-order chi connectivity index (χ0) is 13.4. The monoisotopic (exact) mass is 328 g/mol. The van der Waals surface area contributed by atoms with Crippen molar-refractivity contribution >= 4 is 15.9 Å². The highest BCUT2D eigenvalue weighted by Crippen LogP contribution is 2.48. The van der Waals surface area contributed by atoms with Gasteiger partial charge >= 0.3 is 0 Å². The molecule has 2 N–H and O–H groups in total. The van der Waals surface area contributed by atoms with Crippen LogP contribution in [0, 0.1) is 11.7 Å². The van der Waals surface area contributed by atoms with E-state index in [1.54, 1.807) is 6.07 Å². The van der Waals surface area contributed by atoms with Gasteiger partial charge in [-0.3, -0.25) is 4.90 Å². The van der Waals surface area contributed by atoms with E-state index < -0.39 is 5.82 Å². The Balaban J connectivity index is 1.93. The van der Waals surface area contributed by atoms with Crippen LogP contribution in [0.3, 0.4) is 0 Å². The highest BCUT2D eigenvalue weighted by molar-refractivity contribution is 9.10. The Bertz CT molecular complexity index is 473. The SMILES string of the molecule is Oc1c([C@@H](C2CC2)N2CCNCC2)ccc(F)c1Br. The molecule has 0 bridgehead atoms. The Labute approximate surface area is 120 Å². The van der Waals surface area contributed by atoms with E-state index in [2.05, 4.69) is 26.1 Å². The molecule has 2 fully saturated rings. The molecule has 1 aromatic rings. The van der Waals surface area contributed by atoms with Crippen molar-refractivity contribution < 1.29 is 9.50 Å². The van der Waals surface area contributed by atoms with Crippen LogP contribution in [0.15, 0.2) is 16.6 Å². The lowest BCUT2D eigenvalue weighted by atomic mass is 9.98. The highest BCUT2D eigenvalue weighted by atomic mass is 79.9. The summed E-state index contributed by atoms with van der Waals surface area (Å²) in [5.74, 6) is 0.257. The molecule has 0 amide bonds. The third-order valence-corrected chi connectivity index (χ3v) is 4.79. The molecule has 1 aromatic carbocycles. The predicted octanol–water partition coefficient (Wildman–Crippen LogP) is 2.65. The second-order valence-corrected chi connectivity index (χ2v) is 6.16. The van der Waals surface area contributed by atoms with Crippen molar-refractivity contribution in [2.45, 2.75) is 18.9 Å². The van der Waals surface area contributed by atoms with Crippen molar-refractivity contribution in [1.29, 1.82) is 0 Å². The fraction of sp³-hybridized carbons (Fsp3) is 0.571. The molecule has 3 nitrogen and oxygen atoms in total. The number of nitrogens with zero attached hydrogens (tertiary/aromatic N) is 1. The summed E-state index contributed by atoms with van der Waals surface area (Å²) in [6, 6.07) is 3.40. The summed E-state index contributed by atoms with van der Waals surface area (Å²) >= 11 is 3.14. The summed E-state index contributed by atoms with van der Waals surface area (Å²) in [6.45, 7) is 3.92. The fourth-order valence-electron chi connectivity index (χ4n) is 2.91. The number of nitrogens with one attached hydrogen (secondary N) is 1. The average molecular weight is 329 g/mol. The van der Waals surface area contributed by atoms with Gasteiger partial charge in [0.2, 0.25) is 0 Å². The molecule has 104 valence electrons. The topological polar surface area (TPSA) is 35.5 Å². The van der Waals surface area contributed by atoms with E-state index in [0.717, 1.165) is 31.7 Å². The van der Waals surface area contributed by atoms with Crippen molar-refractivity contribution in [2.75, 3.05) is 26.2 Å². The lowest BCUT2D eigenvalue weighted by Crippen LogP contribution is -2.45. The third kappa shape index (κ3) is 2.64. The molecular formula is C14H18BrFN2O. The number of phenolic OH excluding ortho intramolecular Hbond substituents is 1. The Morgan fingerprint density at radius 3 is 2.63 bits per heavy atom. The summed E-state index contributed by atoms with van der Waals surface area (Å²) in [4.78, 5) is 2.41. The fourth-order valence-corrected chi connectivity index (χ4v) is 3.28. The van der Waals surface area contributed by atoms with Gasteiger partial charge in [0, 0.05) is 37.8 Å². The molecule has 1 atom stereocenters. The van der Waals surface area contributed by atoms with E-state index in [-0.39, 0.29) is 16.3 Å². The quantitative estimate of drug-likeness (QED) is 0.895. The van der Waals surface area contributed by atoms with E-state index in [1.807, 2.05) is 0 Å². The molecule has 0 radical (unpaired) electrons. The van der Waals surface area contributed by atoms with Crippen LogP contribution in [-0.4, -0.2) is 36.2 Å². The molecule has 1 aliphatic carbocycles. The van der Waals surface area contributed by atoms with Crippen LogP contribution in [-0.2, 0) is 0 Å². The molecule has 1 saturated heterocycles. The van der Waals surface area contributed by atoms with Gasteiger partial charge in [0.05, 0.1) is 4.47 Å². The van der Waals surface area contributed by atoms with Crippen LogP contribution in [0.25, 0.3) is 0 Å². The van der Waals surface area contributed by atoms with Gasteiger partial charge in [-0.1, -0.05) is 6.07 Å². The first kappa shape index (κ1) is 13.3. The van der Waals surface area contributed by atoms with Crippen molar-refractivity contribution in [2.24, 2.45) is 5.92 Å². The summed E-state index contributed by atoms with van der Waals surface area (Å²) in [7, 11) is 0. The standard InChI is InChI=1S/C14H18BrFN2O/c15-12-11(16)4-3-10(14(12)19)13(9-1-2-9)18-7-5-17-6-8-18/h3-4,9,13,17,19H,1-2,5-8H2/t13-/m1/s1. The molecule has 0 unspecified atom stereocenters. The molecule has 1 saturated carbocycles. The van der Waals surface area contributed by atoms with Gasteiger partial charge in [0.1, 0.15) is 11.6 Å². The van der Waals surface area contributed by atoms with Crippen molar-refractivity contribution in [3.05, 3.63) is 28.0 Å². The van der Waals surface area contributed by atoms with Crippen LogP contribution >= 0.6 is 15.9 Å². The van der Waals surface area contributed by atoms with E-state index in [1.165, 1.54) is 18.9 Å². The van der Waals surface area contributed by atoms with Gasteiger partial charge in [0.25, 0.3) is 0 Å². The number of benzene rings is 1. The molecule has 5 heteroatoms. The van der Waals surface area contributed by atoms with E-state index in [4.69, 9.17) is 0 Å². The van der Waals surface area contributed by atoms with Gasteiger partial charge < -0.3 is 10.4 Å². The number of piperazine rings is 1. The number of rotatable bonds is 3. The van der Waals surface area contributed by atoms with Gasteiger partial charge in [-0.05, 0) is 40.8 Å². The van der Waals surface area contributed by atoms with Crippen LogP contribution in [0.1, 0.15) is 24.4 Å². The molecule has 19 heavy (non-hydrogen) atoms. The van der Waals surface area contributed by atoms with Crippen molar-refractivity contribution in [3.8, 4) is 5.75 Å². The number of aromatic hydroxyl groups is 1. The smallest absolute Gasteiger partial charge is 0.141 e. The second-order valence-electron chi connectivity index (χ2n) is 5.37. The molecule has 1 heterocycles. The maximum Gasteiger partial charge on any atom is 0.141 e. The van der Waals surface area contributed by atoms with Crippen LogP contribution in [0.5, 0.6) is 5.75 Å². The zero-order valence-corrected chi connectivity index (χ0v) is 12.3. The number of hydrogen-bond acceptors (Lipinski definition) is 3. The Hall–Kier alpha value is -0.650. The Morgan fingerprint density at radius 2 is 2.00 bits per heavy atom. The lowest BCUT2D eigenvalue weighted by molar-refractivity contribution is 0.153. The van der Waals surface area contributed by atoms with Crippen molar-refractivity contribution in [1.82, 2.24) is 10.2 Å². The highest BCUT2D eigenvalue weighted by Gasteiger charge is 2.38. The molecule has 0 aromatic heterocycles. The van der Waals surface area contributed by atoms with Gasteiger partial charge in [-0.25, -0.2) is 4.39 Å². The zero-order valence-electron chi connectivity index (χ0n) is 10.7. The largest absolute Gasteiger partial charge is 0.506 e. The van der Waals surface area contributed by atoms with Gasteiger partial charge in [-0.15, -0.1) is 0 Å². The second kappa shape index (κ2) is 5.38. The normalized spacial score (nSPS) is 22.4. The maximum atomic E-state index is 13.5. The first-order chi connectivity index (χ1) is 9.18. The number of halogens is 2. The summed E-state index contributed by atoms with van der Waals surface area (Å²) in [6.07, 6.45) is 2.39. The minimum absolute atomic E-state index is 0.0652. The first-order valence-electron chi connectivity index (χ1n) is 6.80. The molecule has 1 aliphatic heterocycles. The minimum Gasteiger partial charge on any atom is -0.506 e.